The summed E-state index contributed by atoms with van der Waals surface area (Å²) in [6.45, 7) is 3.36. The predicted octanol–water partition coefficient (Wildman–Crippen LogP) is 0.249. The van der Waals surface area contributed by atoms with E-state index in [0.717, 1.165) is 12.1 Å². The minimum Gasteiger partial charge on any atom is -0.462 e. The summed E-state index contributed by atoms with van der Waals surface area (Å²) >= 11 is 0. The maximum Gasteiger partial charge on any atom is 0.323 e. The van der Waals surface area contributed by atoms with Crippen LogP contribution in [0.1, 0.15) is 19.0 Å². The van der Waals surface area contributed by atoms with Gasteiger partial charge in [0.2, 0.25) is 0 Å². The number of imidazole rings is 1. The highest BCUT2D eigenvalue weighted by Gasteiger charge is 2.15. The average molecular weight is 241 g/mol. The minimum atomic E-state index is -0.665. The quantitative estimate of drug-likeness (QED) is 0.503. The number of nitrogens with zero attached hydrogens (tertiary/aromatic N) is 1. The monoisotopic (exact) mass is 241 g/mol. The predicted molar refractivity (Wildman–Crippen MR) is 62.3 cm³/mol. The zero-order chi connectivity index (χ0) is 12.5. The number of hydrogen-bond acceptors (Lipinski definition) is 5. The highest BCUT2D eigenvalue weighted by Crippen LogP contribution is 1.98. The van der Waals surface area contributed by atoms with Crippen LogP contribution in [0.15, 0.2) is 12.5 Å². The minimum absolute atomic E-state index is 0.246. The second-order valence-electron chi connectivity index (χ2n) is 3.67. The number of ether oxygens (including phenoxy) is 2. The van der Waals surface area contributed by atoms with Gasteiger partial charge in [-0.2, -0.15) is 0 Å². The lowest BCUT2D eigenvalue weighted by Crippen LogP contribution is -2.35. The Kier molecular flexibility index (Phi) is 6.27. The molecule has 0 fully saturated rings. The van der Waals surface area contributed by atoms with Crippen molar-refractivity contribution in [2.24, 2.45) is 5.73 Å². The molecule has 6 heteroatoms. The highest BCUT2D eigenvalue weighted by atomic mass is 16.6. The number of esters is 1. The molecule has 0 aliphatic heterocycles. The van der Waals surface area contributed by atoms with Crippen molar-refractivity contribution in [3.05, 3.63) is 18.2 Å². The van der Waals surface area contributed by atoms with Gasteiger partial charge in [-0.25, -0.2) is 4.98 Å². The molecule has 0 spiro atoms. The molecule has 1 heterocycles. The van der Waals surface area contributed by atoms with Crippen molar-refractivity contribution in [1.82, 2.24) is 9.97 Å². The van der Waals surface area contributed by atoms with Gasteiger partial charge in [0, 0.05) is 24.9 Å². The summed E-state index contributed by atoms with van der Waals surface area (Å²) in [5, 5.41) is 0. The number of aromatic amines is 1. The van der Waals surface area contributed by atoms with Crippen LogP contribution >= 0.6 is 0 Å². The van der Waals surface area contributed by atoms with E-state index in [4.69, 9.17) is 15.2 Å². The molecule has 0 saturated carbocycles. The Balaban J connectivity index is 2.14. The number of nitrogens with one attached hydrogen (secondary N) is 1. The standard InChI is InChI=1S/C11H19N3O3/c1-2-3-16-4-5-17-11(15)10(12)6-9-7-13-8-14-9/h7-8,10H,2-6,12H2,1H3,(H,13,14)/t10-/m0/s1. The number of carbonyl (C=O) groups excluding carboxylic acids is 1. The van der Waals surface area contributed by atoms with Crippen LogP contribution < -0.4 is 5.73 Å². The van der Waals surface area contributed by atoms with Crippen LogP contribution in [0.25, 0.3) is 0 Å². The van der Waals surface area contributed by atoms with Crippen molar-refractivity contribution in [2.45, 2.75) is 25.8 Å². The van der Waals surface area contributed by atoms with Crippen molar-refractivity contribution in [2.75, 3.05) is 19.8 Å². The van der Waals surface area contributed by atoms with Crippen LogP contribution in [0.4, 0.5) is 0 Å². The molecule has 1 rings (SSSR count). The van der Waals surface area contributed by atoms with Crippen LogP contribution in [-0.2, 0) is 20.7 Å². The molecule has 1 aromatic heterocycles. The van der Waals surface area contributed by atoms with E-state index in [-0.39, 0.29) is 6.61 Å². The Hall–Kier alpha value is -1.40. The van der Waals surface area contributed by atoms with Gasteiger partial charge in [-0.05, 0) is 6.42 Å². The molecule has 0 aliphatic carbocycles. The fourth-order valence-corrected chi connectivity index (χ4v) is 1.27. The zero-order valence-electron chi connectivity index (χ0n) is 10.0. The zero-order valence-corrected chi connectivity index (χ0v) is 10.0. The molecular weight excluding hydrogens is 222 g/mol. The number of carbonyl (C=O) groups is 1. The van der Waals surface area contributed by atoms with Crippen LogP contribution in [0.5, 0.6) is 0 Å². The first-order valence-electron chi connectivity index (χ1n) is 5.71. The molecule has 96 valence electrons. The normalized spacial score (nSPS) is 12.4. The van der Waals surface area contributed by atoms with Crippen LogP contribution in [-0.4, -0.2) is 41.8 Å². The third-order valence-electron chi connectivity index (χ3n) is 2.12. The second kappa shape index (κ2) is 7.81. The lowest BCUT2D eigenvalue weighted by Gasteiger charge is -2.10. The molecule has 0 aromatic carbocycles. The highest BCUT2D eigenvalue weighted by molar-refractivity contribution is 5.75. The molecule has 0 aliphatic rings. The molecule has 1 aromatic rings. The number of rotatable bonds is 8. The summed E-state index contributed by atoms with van der Waals surface area (Å²) in [5.41, 5.74) is 6.50. The average Bonchev–Trinajstić information content (AvgIpc) is 2.81. The Morgan fingerprint density at radius 2 is 2.35 bits per heavy atom. The van der Waals surface area contributed by atoms with Gasteiger partial charge in [0.15, 0.2) is 0 Å². The fraction of sp³-hybridized carbons (Fsp3) is 0.636. The number of H-pyrrole nitrogens is 1. The van der Waals surface area contributed by atoms with E-state index in [0.29, 0.717) is 19.6 Å². The molecule has 0 saturated heterocycles. The van der Waals surface area contributed by atoms with Crippen LogP contribution in [0.2, 0.25) is 0 Å². The van der Waals surface area contributed by atoms with E-state index in [9.17, 15) is 4.79 Å². The smallest absolute Gasteiger partial charge is 0.323 e. The van der Waals surface area contributed by atoms with E-state index >= 15 is 0 Å². The number of aromatic nitrogens is 2. The topological polar surface area (TPSA) is 90.2 Å². The molecule has 0 radical (unpaired) electrons. The third kappa shape index (κ3) is 5.46. The molecule has 17 heavy (non-hydrogen) atoms. The Bertz CT molecular complexity index is 314. The summed E-state index contributed by atoms with van der Waals surface area (Å²) < 4.78 is 10.2. The van der Waals surface area contributed by atoms with Gasteiger partial charge in [-0.15, -0.1) is 0 Å². The Morgan fingerprint density at radius 3 is 3.00 bits per heavy atom. The van der Waals surface area contributed by atoms with Gasteiger partial charge in [-0.3, -0.25) is 4.79 Å². The van der Waals surface area contributed by atoms with Crippen molar-refractivity contribution < 1.29 is 14.3 Å². The largest absolute Gasteiger partial charge is 0.462 e. The fourth-order valence-electron chi connectivity index (χ4n) is 1.27. The Morgan fingerprint density at radius 1 is 1.53 bits per heavy atom. The van der Waals surface area contributed by atoms with E-state index in [1.807, 2.05) is 6.92 Å². The van der Waals surface area contributed by atoms with E-state index in [1.165, 1.54) is 0 Å². The summed E-state index contributed by atoms with van der Waals surface area (Å²) in [5.74, 6) is -0.417. The maximum absolute atomic E-state index is 11.5. The third-order valence-corrected chi connectivity index (χ3v) is 2.12. The van der Waals surface area contributed by atoms with Crippen molar-refractivity contribution in [3.63, 3.8) is 0 Å². The molecule has 3 N–H and O–H groups in total. The summed E-state index contributed by atoms with van der Waals surface area (Å²) in [4.78, 5) is 18.2. The lowest BCUT2D eigenvalue weighted by molar-refractivity contribution is -0.146. The lowest BCUT2D eigenvalue weighted by atomic mass is 10.2. The number of hydrogen-bond donors (Lipinski definition) is 2. The van der Waals surface area contributed by atoms with Crippen molar-refractivity contribution in [1.29, 1.82) is 0 Å². The molecular formula is C11H19N3O3. The summed E-state index contributed by atoms with van der Waals surface area (Å²) in [7, 11) is 0. The van der Waals surface area contributed by atoms with E-state index in [2.05, 4.69) is 9.97 Å². The molecule has 0 unspecified atom stereocenters. The van der Waals surface area contributed by atoms with Gasteiger partial charge < -0.3 is 20.2 Å². The Labute approximate surface area is 101 Å². The maximum atomic E-state index is 11.5. The van der Waals surface area contributed by atoms with E-state index < -0.39 is 12.0 Å². The van der Waals surface area contributed by atoms with Crippen molar-refractivity contribution >= 4 is 5.97 Å². The molecule has 0 amide bonds. The second-order valence-corrected chi connectivity index (χ2v) is 3.67. The molecule has 0 bridgehead atoms. The summed E-state index contributed by atoms with van der Waals surface area (Å²) in [6.07, 6.45) is 4.53. The van der Waals surface area contributed by atoms with Crippen LogP contribution in [0.3, 0.4) is 0 Å². The summed E-state index contributed by atoms with van der Waals surface area (Å²) in [6, 6.07) is -0.665. The van der Waals surface area contributed by atoms with Crippen molar-refractivity contribution in [3.8, 4) is 0 Å². The van der Waals surface area contributed by atoms with Gasteiger partial charge in [0.25, 0.3) is 0 Å². The van der Waals surface area contributed by atoms with Crippen LogP contribution in [0, 0.1) is 0 Å². The van der Waals surface area contributed by atoms with Gasteiger partial charge in [0.05, 0.1) is 12.9 Å². The molecule has 6 nitrogen and oxygen atoms in total. The first-order chi connectivity index (χ1) is 8.24. The molecule has 1 atom stereocenters. The first kappa shape index (κ1) is 13.7. The van der Waals surface area contributed by atoms with Gasteiger partial charge in [0.1, 0.15) is 12.6 Å². The van der Waals surface area contributed by atoms with Gasteiger partial charge >= 0.3 is 5.97 Å². The first-order valence-corrected chi connectivity index (χ1v) is 5.71. The SMILES string of the molecule is CCCOCCOC(=O)[C@@H](N)Cc1cnc[nH]1. The number of nitrogens with two attached hydrogens (primary N) is 1. The van der Waals surface area contributed by atoms with E-state index in [1.54, 1.807) is 12.5 Å². The van der Waals surface area contributed by atoms with Gasteiger partial charge in [-0.1, -0.05) is 6.92 Å².